The fraction of sp³-hybridized carbons (Fsp3) is 0.122. The molecule has 0 fully saturated rings. The van der Waals surface area contributed by atoms with Gasteiger partial charge in [-0.25, -0.2) is 14.1 Å². The predicted molar refractivity (Wildman–Crippen MR) is 195 cm³/mol. The van der Waals surface area contributed by atoms with Gasteiger partial charge in [0, 0.05) is 61.7 Å². The van der Waals surface area contributed by atoms with E-state index in [1.165, 1.54) is 21.3 Å². The van der Waals surface area contributed by atoms with Gasteiger partial charge in [0.2, 0.25) is 0 Å². The van der Waals surface area contributed by atoms with Gasteiger partial charge in [-0.2, -0.15) is 40.7 Å². The van der Waals surface area contributed by atoms with Gasteiger partial charge >= 0.3 is 0 Å². The second-order valence-corrected chi connectivity index (χ2v) is 16.9. The Morgan fingerprint density at radius 3 is 2.21 bits per heavy atom. The molecule has 3 heterocycles. The van der Waals surface area contributed by atoms with Gasteiger partial charge in [-0.05, 0) is 71.8 Å². The van der Waals surface area contributed by atoms with Crippen LogP contribution in [0.2, 0.25) is 13.1 Å². The number of para-hydroxylation sites is 3. The molecule has 4 nitrogen and oxygen atoms in total. The Bertz CT molecular complexity index is 2550. The number of pyridine rings is 1. The summed E-state index contributed by atoms with van der Waals surface area (Å²) in [6.45, 7) is 6.66. The molecule has 3 aromatic heterocycles. The first kappa shape index (κ1) is 27.5. The Morgan fingerprint density at radius 2 is 1.43 bits per heavy atom. The molecule has 0 radical (unpaired) electrons. The van der Waals surface area contributed by atoms with Crippen LogP contribution in [0.25, 0.3) is 55.5 Å². The van der Waals surface area contributed by atoms with E-state index in [-0.39, 0.29) is 21.1 Å². The van der Waals surface area contributed by atoms with E-state index in [1.807, 2.05) is 47.2 Å². The predicted octanol–water partition coefficient (Wildman–Crippen LogP) is 8.45. The average molecular weight is 810 g/mol. The smallest absolute Gasteiger partial charge is 0.188 e. The van der Waals surface area contributed by atoms with Crippen LogP contribution in [0.5, 0.6) is 0 Å². The van der Waals surface area contributed by atoms with Crippen LogP contribution in [0.1, 0.15) is 15.2 Å². The van der Waals surface area contributed by atoms with Gasteiger partial charge in [0.15, 0.2) is 17.4 Å². The van der Waals surface area contributed by atoms with Crippen LogP contribution in [-0.4, -0.2) is 26.8 Å². The van der Waals surface area contributed by atoms with Crippen molar-refractivity contribution in [3.05, 3.63) is 145 Å². The number of fused-ring (bicyclic) bond motifs is 4. The SMILES string of the molecule is [2H]C([2H])([2H])n1[cH+]n(-c2[c-]c([Si](C)(C)c3[c-]c4c(cc3)c3ccccc3n4-c3cc(-c4c(C)cccc4C)ccn3)ccc2)c2ccccc21.[Pt]. The molecule has 0 bridgehead atoms. The molecule has 0 amide bonds. The Hall–Kier alpha value is -4.57. The summed E-state index contributed by atoms with van der Waals surface area (Å²) >= 11 is 0. The summed E-state index contributed by atoms with van der Waals surface area (Å²) in [6, 6.07) is 45.0. The molecule has 0 spiro atoms. The van der Waals surface area contributed by atoms with Crippen molar-refractivity contribution >= 4 is 51.3 Å². The standard InChI is InChI=1S/C41H35N4Si.Pt/c1-28-12-10-13-29(2)41(28)30-22-23-42-40(24-30)45-36-17-7-6-16-34(36)35-21-20-33(26-39(35)45)46(4,5)32-15-11-14-31(25-32)44-27-43(3)37-18-8-9-19-38(37)44;/h6-24,27H,1-5H3;/q-1;/i3D3;. The topological polar surface area (TPSA) is 27.7 Å². The summed E-state index contributed by atoms with van der Waals surface area (Å²) in [5.74, 6) is 0.856. The van der Waals surface area contributed by atoms with Gasteiger partial charge in [0.05, 0.1) is 8.07 Å². The maximum atomic E-state index is 8.11. The van der Waals surface area contributed by atoms with E-state index in [0.717, 1.165) is 54.8 Å². The summed E-state index contributed by atoms with van der Waals surface area (Å²) in [4.78, 5) is 4.91. The summed E-state index contributed by atoms with van der Waals surface area (Å²) < 4.78 is 29.9. The van der Waals surface area contributed by atoms with Crippen LogP contribution in [0.15, 0.2) is 122 Å². The third-order valence-corrected chi connectivity index (χ3v) is 12.6. The summed E-state index contributed by atoms with van der Waals surface area (Å²) in [6.07, 6.45) is 3.57. The Kier molecular flexibility index (Phi) is 6.97. The second-order valence-electron chi connectivity index (χ2n) is 12.6. The molecular weight excluding hydrogens is 772 g/mol. The van der Waals surface area contributed by atoms with Crippen LogP contribution in [0.3, 0.4) is 0 Å². The third kappa shape index (κ3) is 5.09. The van der Waals surface area contributed by atoms with Crippen LogP contribution in [-0.2, 0) is 28.0 Å². The molecule has 0 unspecified atom stereocenters. The number of imidazole rings is 1. The molecule has 0 saturated carbocycles. The third-order valence-electron chi connectivity index (χ3n) is 9.35. The number of benzene rings is 5. The Balaban J connectivity index is 0.00000392. The van der Waals surface area contributed by atoms with Crippen molar-refractivity contribution in [2.75, 3.05) is 0 Å². The van der Waals surface area contributed by atoms with E-state index >= 15 is 0 Å². The maximum Gasteiger partial charge on any atom is 0.188 e. The van der Waals surface area contributed by atoms with Gasteiger partial charge in [-0.15, -0.1) is 17.5 Å². The molecule has 47 heavy (non-hydrogen) atoms. The van der Waals surface area contributed by atoms with Crippen LogP contribution in [0, 0.1) is 26.0 Å². The van der Waals surface area contributed by atoms with Crippen molar-refractivity contribution in [3.8, 4) is 22.6 Å². The molecule has 234 valence electrons. The molecule has 6 heteroatoms. The van der Waals surface area contributed by atoms with Crippen molar-refractivity contribution in [3.63, 3.8) is 0 Å². The molecule has 8 rings (SSSR count). The number of hydrogen-bond acceptors (Lipinski definition) is 1. The number of aryl methyl sites for hydroxylation is 3. The molecule has 8 aromatic rings. The molecule has 0 aliphatic rings. The fourth-order valence-corrected chi connectivity index (χ4v) is 9.05. The zero-order valence-corrected chi connectivity index (χ0v) is 29.9. The van der Waals surface area contributed by atoms with Crippen LogP contribution in [0.4, 0.5) is 0 Å². The zero-order chi connectivity index (χ0) is 34.1. The molecule has 0 atom stereocenters. The van der Waals surface area contributed by atoms with Crippen LogP contribution >= 0.6 is 0 Å². The minimum Gasteiger partial charge on any atom is -0.319 e. The largest absolute Gasteiger partial charge is 0.319 e. The van der Waals surface area contributed by atoms with Gasteiger partial charge in [-0.1, -0.05) is 55.0 Å². The minimum atomic E-state index is -2.36. The van der Waals surface area contributed by atoms with Gasteiger partial charge in [0.1, 0.15) is 5.82 Å². The quantitative estimate of drug-likeness (QED) is 0.127. The first-order valence-corrected chi connectivity index (χ1v) is 18.6. The summed E-state index contributed by atoms with van der Waals surface area (Å²) in [5.41, 5.74) is 9.21. The number of aromatic nitrogens is 4. The van der Waals surface area contributed by atoms with Gasteiger partial charge in [0.25, 0.3) is 0 Å². The van der Waals surface area contributed by atoms with Crippen LogP contribution < -0.4 is 10.4 Å². The molecule has 0 saturated heterocycles. The molecule has 0 aliphatic carbocycles. The van der Waals surface area contributed by atoms with E-state index in [9.17, 15) is 0 Å². The Labute approximate surface area is 295 Å². The Morgan fingerprint density at radius 1 is 0.723 bits per heavy atom. The van der Waals surface area contributed by atoms with Gasteiger partial charge in [-0.3, -0.25) is 0 Å². The molecule has 0 aliphatic heterocycles. The maximum absolute atomic E-state index is 8.11. The normalized spacial score (nSPS) is 13.0. The van der Waals surface area contributed by atoms with Gasteiger partial charge < -0.3 is 4.57 Å². The number of rotatable bonds is 5. The van der Waals surface area contributed by atoms with Crippen molar-refractivity contribution in [1.82, 2.24) is 18.7 Å². The number of nitrogens with zero attached hydrogens (tertiary/aromatic N) is 4. The van der Waals surface area contributed by atoms with E-state index in [2.05, 4.69) is 116 Å². The van der Waals surface area contributed by atoms with E-state index < -0.39 is 15.0 Å². The average Bonchev–Trinajstić information content (AvgIpc) is 3.65. The monoisotopic (exact) mass is 809 g/mol. The first-order chi connectivity index (χ1) is 23.5. The van der Waals surface area contributed by atoms with E-state index in [0.29, 0.717) is 5.52 Å². The zero-order valence-electron chi connectivity index (χ0n) is 29.7. The second kappa shape index (κ2) is 11.9. The van der Waals surface area contributed by atoms with Crippen molar-refractivity contribution in [2.45, 2.75) is 26.9 Å². The van der Waals surface area contributed by atoms with Crippen molar-refractivity contribution in [1.29, 1.82) is 0 Å². The molecular formula is C41H35N4PtSi-. The number of hydrogen-bond donors (Lipinski definition) is 0. The molecule has 5 aromatic carbocycles. The minimum absolute atomic E-state index is 0. The molecule has 0 N–H and O–H groups in total. The first-order valence-electron chi connectivity index (χ1n) is 17.1. The fourth-order valence-electron chi connectivity index (χ4n) is 6.87. The van der Waals surface area contributed by atoms with Crippen molar-refractivity contribution < 1.29 is 25.2 Å². The van der Waals surface area contributed by atoms with E-state index in [1.54, 1.807) is 6.33 Å². The summed E-state index contributed by atoms with van der Waals surface area (Å²) in [7, 11) is -2.36. The van der Waals surface area contributed by atoms with Crippen molar-refractivity contribution in [2.24, 2.45) is 6.98 Å². The summed E-state index contributed by atoms with van der Waals surface area (Å²) in [5, 5.41) is 4.55. The van der Waals surface area contributed by atoms with E-state index in [4.69, 9.17) is 9.10 Å².